The third-order valence-electron chi connectivity index (χ3n) is 2.86. The molecule has 0 saturated carbocycles. The average Bonchev–Trinajstić information content (AvgIpc) is 2.75. The van der Waals surface area contributed by atoms with Crippen LogP contribution in [0, 0.1) is 3.57 Å². The molecule has 0 radical (unpaired) electrons. The number of fused-ring (bicyclic) bond motifs is 1. The summed E-state index contributed by atoms with van der Waals surface area (Å²) in [7, 11) is 3.25. The Morgan fingerprint density at radius 1 is 1.30 bits per heavy atom. The first-order valence-electron chi connectivity index (χ1n) is 6.02. The number of aromatic nitrogens is 1. The highest BCUT2D eigenvalue weighted by Gasteiger charge is 2.19. The Morgan fingerprint density at radius 3 is 2.70 bits per heavy atom. The fraction of sp³-hybridized carbons (Fsp3) is 0.267. The molecule has 1 heterocycles. The summed E-state index contributed by atoms with van der Waals surface area (Å²) in [6.07, 6.45) is 0. The van der Waals surface area contributed by atoms with Crippen LogP contribution in [0.25, 0.3) is 16.7 Å². The minimum absolute atomic E-state index is 0.155. The van der Waals surface area contributed by atoms with Crippen molar-refractivity contribution in [1.29, 1.82) is 0 Å². The van der Waals surface area contributed by atoms with E-state index in [1.165, 1.54) is 0 Å². The lowest BCUT2D eigenvalue weighted by Gasteiger charge is -2.12. The van der Waals surface area contributed by atoms with Gasteiger partial charge in [-0.1, -0.05) is 30.5 Å². The molecule has 106 valence electrons. The predicted octanol–water partition coefficient (Wildman–Crippen LogP) is 3.60. The normalized spacial score (nSPS) is 10.6. The van der Waals surface area contributed by atoms with E-state index in [9.17, 15) is 0 Å². The molecule has 1 aromatic carbocycles. The van der Waals surface area contributed by atoms with Gasteiger partial charge < -0.3 is 18.8 Å². The van der Waals surface area contributed by atoms with Gasteiger partial charge in [-0.05, 0) is 28.7 Å². The van der Waals surface area contributed by atoms with Crippen molar-refractivity contribution in [3.8, 4) is 0 Å². The molecule has 1 aromatic heterocycles. The Bertz CT molecular complexity index is 656. The van der Waals surface area contributed by atoms with Crippen molar-refractivity contribution >= 4 is 39.3 Å². The van der Waals surface area contributed by atoms with E-state index >= 15 is 0 Å². The Hall–Kier alpha value is -1.27. The molecule has 0 unspecified atom stereocenters. The Morgan fingerprint density at radius 2 is 2.05 bits per heavy atom. The van der Waals surface area contributed by atoms with Crippen LogP contribution in [0.4, 0.5) is 0 Å². The smallest absolute Gasteiger partial charge is 0.189 e. The number of rotatable bonds is 6. The number of hydrogen-bond acceptors (Lipinski definition) is 3. The first kappa shape index (κ1) is 15.1. The number of para-hydroxylation sites is 1. The van der Waals surface area contributed by atoms with Gasteiger partial charge in [-0.3, -0.25) is 0 Å². The number of hydrogen-bond donors (Lipinski definition) is 0. The SMILES string of the molecule is C=C=C(OCOC)c1c(I)c2ccccc2n1COC. The second-order valence-corrected chi connectivity index (χ2v) is 5.16. The summed E-state index contributed by atoms with van der Waals surface area (Å²) in [5.41, 5.74) is 4.83. The Kier molecular flexibility index (Phi) is 5.25. The number of ether oxygens (including phenoxy) is 3. The first-order valence-corrected chi connectivity index (χ1v) is 7.10. The average molecular weight is 385 g/mol. The second-order valence-electron chi connectivity index (χ2n) is 4.08. The molecule has 4 nitrogen and oxygen atoms in total. The summed E-state index contributed by atoms with van der Waals surface area (Å²) in [5, 5.41) is 1.15. The number of halogens is 1. The van der Waals surface area contributed by atoms with Gasteiger partial charge in [0.15, 0.2) is 12.6 Å². The Labute approximate surface area is 131 Å². The van der Waals surface area contributed by atoms with Gasteiger partial charge in [0.2, 0.25) is 0 Å². The molecule has 0 aliphatic heterocycles. The topological polar surface area (TPSA) is 32.6 Å². The van der Waals surface area contributed by atoms with Crippen molar-refractivity contribution in [3.63, 3.8) is 0 Å². The van der Waals surface area contributed by atoms with Gasteiger partial charge in [-0.25, -0.2) is 0 Å². The lowest BCUT2D eigenvalue weighted by atomic mass is 10.2. The van der Waals surface area contributed by atoms with Crippen LogP contribution < -0.4 is 0 Å². The first-order chi connectivity index (χ1) is 9.74. The quantitative estimate of drug-likeness (QED) is 0.330. The molecule has 0 aliphatic carbocycles. The van der Waals surface area contributed by atoms with Crippen LogP contribution in [0.15, 0.2) is 36.6 Å². The molecule has 2 aromatic rings. The lowest BCUT2D eigenvalue weighted by Crippen LogP contribution is -2.07. The fourth-order valence-corrected chi connectivity index (χ4v) is 3.06. The van der Waals surface area contributed by atoms with E-state index in [4.69, 9.17) is 14.2 Å². The highest BCUT2D eigenvalue weighted by Crippen LogP contribution is 2.32. The summed E-state index contributed by atoms with van der Waals surface area (Å²) in [6.45, 7) is 4.29. The molecule has 0 saturated heterocycles. The van der Waals surface area contributed by atoms with Crippen molar-refractivity contribution < 1.29 is 14.2 Å². The van der Waals surface area contributed by atoms with E-state index < -0.39 is 0 Å². The molecular weight excluding hydrogens is 369 g/mol. The molecule has 0 spiro atoms. The third kappa shape index (κ3) is 2.76. The van der Waals surface area contributed by atoms with E-state index in [2.05, 4.69) is 47.0 Å². The summed E-state index contributed by atoms with van der Waals surface area (Å²) >= 11 is 2.30. The van der Waals surface area contributed by atoms with Crippen LogP contribution in [-0.2, 0) is 20.9 Å². The minimum Gasteiger partial charge on any atom is -0.458 e. The standard InChI is InChI=1S/C15H16INO3/c1-4-13(20-10-19-3)15-14(16)11-7-5-6-8-12(11)17(15)9-18-2/h5-8H,1,9-10H2,2-3H3. The molecule has 0 atom stereocenters. The van der Waals surface area contributed by atoms with Gasteiger partial charge in [0.25, 0.3) is 0 Å². The third-order valence-corrected chi connectivity index (χ3v) is 3.96. The van der Waals surface area contributed by atoms with E-state index in [0.717, 1.165) is 20.2 Å². The van der Waals surface area contributed by atoms with Crippen molar-refractivity contribution in [1.82, 2.24) is 4.57 Å². The van der Waals surface area contributed by atoms with Crippen molar-refractivity contribution in [2.45, 2.75) is 6.73 Å². The van der Waals surface area contributed by atoms with Gasteiger partial charge in [0, 0.05) is 19.6 Å². The molecule has 0 fully saturated rings. The van der Waals surface area contributed by atoms with Gasteiger partial charge >= 0.3 is 0 Å². The summed E-state index contributed by atoms with van der Waals surface area (Å²) in [5.74, 6) is 0.560. The molecule has 5 heteroatoms. The molecule has 0 aliphatic rings. The zero-order valence-electron chi connectivity index (χ0n) is 11.5. The van der Waals surface area contributed by atoms with E-state index in [0.29, 0.717) is 12.5 Å². The molecule has 2 rings (SSSR count). The maximum absolute atomic E-state index is 5.56. The van der Waals surface area contributed by atoms with Gasteiger partial charge in [0.1, 0.15) is 12.4 Å². The maximum atomic E-state index is 5.56. The molecule has 0 N–H and O–H groups in total. The highest BCUT2D eigenvalue weighted by atomic mass is 127. The molecular formula is C15H16INO3. The zero-order chi connectivity index (χ0) is 14.5. The van der Waals surface area contributed by atoms with Crippen LogP contribution in [0.5, 0.6) is 0 Å². The largest absolute Gasteiger partial charge is 0.458 e. The van der Waals surface area contributed by atoms with Gasteiger partial charge in [-0.2, -0.15) is 0 Å². The van der Waals surface area contributed by atoms with Crippen LogP contribution in [-0.4, -0.2) is 25.6 Å². The van der Waals surface area contributed by atoms with Crippen LogP contribution in [0.2, 0.25) is 0 Å². The van der Waals surface area contributed by atoms with E-state index in [1.54, 1.807) is 14.2 Å². The molecule has 0 bridgehead atoms. The van der Waals surface area contributed by atoms with Gasteiger partial charge in [-0.15, -0.1) is 0 Å². The zero-order valence-corrected chi connectivity index (χ0v) is 13.6. The highest BCUT2D eigenvalue weighted by molar-refractivity contribution is 14.1. The predicted molar refractivity (Wildman–Crippen MR) is 87.2 cm³/mol. The second kappa shape index (κ2) is 6.95. The Balaban J connectivity index is 2.64. The molecule has 20 heavy (non-hydrogen) atoms. The lowest BCUT2D eigenvalue weighted by molar-refractivity contribution is 0.0306. The van der Waals surface area contributed by atoms with Crippen LogP contribution in [0.3, 0.4) is 0 Å². The van der Waals surface area contributed by atoms with Crippen molar-refractivity contribution in [2.75, 3.05) is 21.0 Å². The van der Waals surface area contributed by atoms with Crippen molar-refractivity contribution in [2.24, 2.45) is 0 Å². The van der Waals surface area contributed by atoms with Gasteiger partial charge in [0.05, 0.1) is 9.09 Å². The van der Waals surface area contributed by atoms with Crippen LogP contribution in [0.1, 0.15) is 5.69 Å². The summed E-state index contributed by atoms with van der Waals surface area (Å²) in [4.78, 5) is 0. The summed E-state index contributed by atoms with van der Waals surface area (Å²) < 4.78 is 18.9. The summed E-state index contributed by atoms with van der Waals surface area (Å²) in [6, 6.07) is 8.14. The number of benzene rings is 1. The van der Waals surface area contributed by atoms with Crippen LogP contribution >= 0.6 is 22.6 Å². The van der Waals surface area contributed by atoms with Crippen molar-refractivity contribution in [3.05, 3.63) is 45.8 Å². The molecule has 0 amide bonds. The monoisotopic (exact) mass is 385 g/mol. The number of nitrogens with zero attached hydrogens (tertiary/aromatic N) is 1. The van der Waals surface area contributed by atoms with E-state index in [-0.39, 0.29) is 6.79 Å². The minimum atomic E-state index is 0.155. The van der Waals surface area contributed by atoms with E-state index in [1.807, 2.05) is 16.7 Å². The fourth-order valence-electron chi connectivity index (χ4n) is 2.07. The maximum Gasteiger partial charge on any atom is 0.189 e. The number of methoxy groups -OCH3 is 2.